The number of aromatic nitrogens is 2. The lowest BCUT2D eigenvalue weighted by molar-refractivity contribution is -0.274. The second kappa shape index (κ2) is 13.8. The topological polar surface area (TPSA) is 87.1 Å². The molecule has 13 heteroatoms. The van der Waals surface area contributed by atoms with Gasteiger partial charge in [0.15, 0.2) is 0 Å². The zero-order chi connectivity index (χ0) is 29.7. The summed E-state index contributed by atoms with van der Waals surface area (Å²) >= 11 is 6.50. The molecule has 1 aromatic heterocycles. The van der Waals surface area contributed by atoms with Gasteiger partial charge in [0.1, 0.15) is 10.8 Å². The highest BCUT2D eigenvalue weighted by Gasteiger charge is 2.33. The smallest absolute Gasteiger partial charge is 0.406 e. The molecular weight excluding hydrogens is 577 g/mol. The van der Waals surface area contributed by atoms with Crippen molar-refractivity contribution in [3.8, 4) is 5.75 Å². The van der Waals surface area contributed by atoms with E-state index in [1.807, 2.05) is 0 Å². The molecule has 232 valence electrons. The lowest BCUT2D eigenvalue weighted by Crippen LogP contribution is -2.46. The summed E-state index contributed by atoms with van der Waals surface area (Å²) < 4.78 is 60.7. The quantitative estimate of drug-likeness (QED) is 0.408. The van der Waals surface area contributed by atoms with Crippen molar-refractivity contribution in [2.45, 2.75) is 63.6 Å². The second-order valence-corrected chi connectivity index (χ2v) is 11.8. The maximum absolute atomic E-state index is 13.2. The number of nitrogens with one attached hydrogen (secondary N) is 1. The van der Waals surface area contributed by atoms with Crippen molar-refractivity contribution in [2.75, 3.05) is 56.3 Å². The normalized spacial score (nSPS) is 26.9. The second-order valence-electron chi connectivity index (χ2n) is 11.5. The van der Waals surface area contributed by atoms with Gasteiger partial charge in [-0.05, 0) is 68.2 Å². The van der Waals surface area contributed by atoms with Crippen LogP contribution in [0.2, 0.25) is 5.02 Å². The highest BCUT2D eigenvalue weighted by atomic mass is 35.5. The zero-order valence-electron chi connectivity index (χ0n) is 23.7. The van der Waals surface area contributed by atoms with Crippen LogP contribution in [0.3, 0.4) is 0 Å². The fourth-order valence-electron chi connectivity index (χ4n) is 6.15. The van der Waals surface area contributed by atoms with Crippen LogP contribution >= 0.6 is 11.6 Å². The number of rotatable bonds is 9. The van der Waals surface area contributed by atoms with Gasteiger partial charge in [0.05, 0.1) is 50.5 Å². The minimum Gasteiger partial charge on any atom is -0.406 e. The van der Waals surface area contributed by atoms with E-state index in [9.17, 15) is 18.0 Å². The van der Waals surface area contributed by atoms with Crippen LogP contribution in [0.1, 0.15) is 45.1 Å². The Balaban J connectivity index is 1.24. The first kappa shape index (κ1) is 30.9. The lowest BCUT2D eigenvalue weighted by Gasteiger charge is -2.40. The Morgan fingerprint density at radius 2 is 1.86 bits per heavy atom. The predicted molar refractivity (Wildman–Crippen MR) is 152 cm³/mol. The van der Waals surface area contributed by atoms with Gasteiger partial charge in [0.2, 0.25) is 0 Å². The van der Waals surface area contributed by atoms with Crippen LogP contribution in [0, 0.1) is 11.8 Å². The van der Waals surface area contributed by atoms with Crippen LogP contribution in [0.5, 0.6) is 5.75 Å². The first-order chi connectivity index (χ1) is 20.2. The Bertz CT molecular complexity index is 1220. The van der Waals surface area contributed by atoms with Crippen LogP contribution < -0.4 is 20.5 Å². The average Bonchev–Trinajstić information content (AvgIpc) is 2.97. The Hall–Kier alpha value is -2.54. The van der Waals surface area contributed by atoms with Gasteiger partial charge < -0.3 is 29.2 Å². The molecule has 3 atom stereocenters. The Morgan fingerprint density at radius 3 is 2.52 bits per heavy atom. The van der Waals surface area contributed by atoms with Crippen LogP contribution in [0.15, 0.2) is 35.3 Å². The molecule has 0 spiro atoms. The molecule has 1 aromatic carbocycles. The molecule has 2 saturated heterocycles. The number of halogens is 4. The Kier molecular flexibility index (Phi) is 10.2. The summed E-state index contributed by atoms with van der Waals surface area (Å²) in [5.41, 5.74) is 0.987. The van der Waals surface area contributed by atoms with Crippen molar-refractivity contribution in [3.63, 3.8) is 0 Å². The van der Waals surface area contributed by atoms with Gasteiger partial charge in [0.25, 0.3) is 5.56 Å². The minimum absolute atomic E-state index is 0.0911. The van der Waals surface area contributed by atoms with E-state index in [-0.39, 0.29) is 34.5 Å². The van der Waals surface area contributed by atoms with Gasteiger partial charge in [-0.15, -0.1) is 13.2 Å². The largest absolute Gasteiger partial charge is 0.573 e. The van der Waals surface area contributed by atoms with Crippen molar-refractivity contribution in [1.29, 1.82) is 0 Å². The summed E-state index contributed by atoms with van der Waals surface area (Å²) in [7, 11) is 0. The summed E-state index contributed by atoms with van der Waals surface area (Å²) in [5, 5.41) is 7.89. The maximum Gasteiger partial charge on any atom is 0.573 e. The van der Waals surface area contributed by atoms with Crippen LogP contribution in [-0.2, 0) is 14.2 Å². The van der Waals surface area contributed by atoms with Crippen molar-refractivity contribution in [3.05, 3.63) is 45.8 Å². The molecule has 42 heavy (non-hydrogen) atoms. The fourth-order valence-corrected chi connectivity index (χ4v) is 6.35. The van der Waals surface area contributed by atoms with Crippen molar-refractivity contribution in [2.24, 2.45) is 11.8 Å². The molecule has 5 rings (SSSR count). The number of anilines is 2. The third-order valence-electron chi connectivity index (χ3n) is 8.16. The number of hydrogen-bond donors (Lipinski definition) is 1. The summed E-state index contributed by atoms with van der Waals surface area (Å²) in [5.74, 6) is 0.586. The molecule has 9 nitrogen and oxygen atoms in total. The predicted octanol–water partition coefficient (Wildman–Crippen LogP) is 5.29. The van der Waals surface area contributed by atoms with Crippen LogP contribution in [0.25, 0.3) is 0 Å². The fraction of sp³-hybridized carbons (Fsp3) is 0.655. The summed E-state index contributed by atoms with van der Waals surface area (Å²) in [6.45, 7) is 6.31. The van der Waals surface area contributed by atoms with Gasteiger partial charge in [-0.1, -0.05) is 18.5 Å². The molecule has 2 aliphatic heterocycles. The molecule has 0 amide bonds. The standard InChI is InChI=1S/C29H38ClF3N4O5/c1-19-12-20(17-40-16-19)13-34-26-14-35-37(28(38)27(26)30)23-4-2-21(3-5-23)36(15-25-18-39-10-11-41-25)22-6-8-24(9-7-22)42-29(31,32)33/h6-9,14,19-21,23,25,34H,2-5,10-13,15-18H2,1H3/t19-,20+,21-,23-,25-/m0/s1. The van der Waals surface area contributed by atoms with Gasteiger partial charge in [-0.2, -0.15) is 5.10 Å². The van der Waals surface area contributed by atoms with Gasteiger partial charge in [0, 0.05) is 31.4 Å². The van der Waals surface area contributed by atoms with E-state index >= 15 is 0 Å². The summed E-state index contributed by atoms with van der Waals surface area (Å²) in [6, 6.07) is 5.90. The van der Waals surface area contributed by atoms with Gasteiger partial charge in [-0.25, -0.2) is 4.68 Å². The van der Waals surface area contributed by atoms with Crippen molar-refractivity contribution in [1.82, 2.24) is 9.78 Å². The molecule has 1 aliphatic carbocycles. The maximum atomic E-state index is 13.2. The van der Waals surface area contributed by atoms with E-state index in [4.69, 9.17) is 25.8 Å². The molecule has 3 aliphatic rings. The van der Waals surface area contributed by atoms with E-state index < -0.39 is 6.36 Å². The number of hydrogen-bond acceptors (Lipinski definition) is 8. The number of ether oxygens (including phenoxy) is 4. The minimum atomic E-state index is -4.75. The van der Waals surface area contributed by atoms with E-state index in [0.29, 0.717) is 69.9 Å². The monoisotopic (exact) mass is 614 g/mol. The first-order valence-electron chi connectivity index (χ1n) is 14.6. The first-order valence-corrected chi connectivity index (χ1v) is 14.9. The average molecular weight is 615 g/mol. The lowest BCUT2D eigenvalue weighted by atomic mass is 9.89. The number of benzene rings is 1. The highest BCUT2D eigenvalue weighted by molar-refractivity contribution is 6.32. The van der Waals surface area contributed by atoms with E-state index in [2.05, 4.69) is 27.0 Å². The Labute approximate surface area is 248 Å². The highest BCUT2D eigenvalue weighted by Crippen LogP contribution is 2.34. The molecule has 0 unspecified atom stereocenters. The Morgan fingerprint density at radius 1 is 1.10 bits per heavy atom. The van der Waals surface area contributed by atoms with E-state index in [1.54, 1.807) is 18.3 Å². The summed E-state index contributed by atoms with van der Waals surface area (Å²) in [4.78, 5) is 15.4. The van der Waals surface area contributed by atoms with Gasteiger partial charge >= 0.3 is 6.36 Å². The molecule has 0 bridgehead atoms. The SMILES string of the molecule is C[C@@H]1COC[C@@H](CNc2cnn([C@H]3CC[C@H](N(C[C@H]4COCCO4)c4ccc(OC(F)(F)F)cc4)CC3)c(=O)c2Cl)C1. The zero-order valence-corrected chi connectivity index (χ0v) is 24.4. The molecule has 3 heterocycles. The molecular formula is C29H38ClF3N4O5. The summed E-state index contributed by atoms with van der Waals surface area (Å²) in [6.07, 6.45) is 0.682. The molecule has 0 radical (unpaired) electrons. The third-order valence-corrected chi connectivity index (χ3v) is 8.52. The number of alkyl halides is 3. The van der Waals surface area contributed by atoms with Gasteiger partial charge in [-0.3, -0.25) is 4.79 Å². The van der Waals surface area contributed by atoms with Crippen molar-refractivity contribution < 1.29 is 32.1 Å². The molecule has 1 N–H and O–H groups in total. The van der Waals surface area contributed by atoms with E-state index in [0.717, 1.165) is 31.6 Å². The number of nitrogens with zero attached hydrogens (tertiary/aromatic N) is 3. The molecule has 2 aromatic rings. The van der Waals surface area contributed by atoms with Crippen LogP contribution in [0.4, 0.5) is 24.5 Å². The third kappa shape index (κ3) is 8.09. The molecule has 1 saturated carbocycles. The molecule has 3 fully saturated rings. The van der Waals surface area contributed by atoms with E-state index in [1.165, 1.54) is 16.8 Å². The van der Waals surface area contributed by atoms with Crippen molar-refractivity contribution >= 4 is 23.0 Å². The van der Waals surface area contributed by atoms with Crippen LogP contribution in [-0.4, -0.2) is 74.4 Å².